The highest BCUT2D eigenvalue weighted by Gasteiger charge is 2.14. The molecule has 0 spiro atoms. The number of hydrogen-bond acceptors (Lipinski definition) is 1. The molecule has 0 aromatic heterocycles. The van der Waals surface area contributed by atoms with Crippen molar-refractivity contribution in [1.82, 2.24) is 0 Å². The summed E-state index contributed by atoms with van der Waals surface area (Å²) in [5.74, 6) is 0.246. The summed E-state index contributed by atoms with van der Waals surface area (Å²) in [6.45, 7) is 2.05. The molecule has 102 valence electrons. The molecule has 1 heteroatoms. The Morgan fingerprint density at radius 3 is 2.14 bits per heavy atom. The first kappa shape index (κ1) is 12.3. The van der Waals surface area contributed by atoms with Gasteiger partial charge in [0.1, 0.15) is 0 Å². The number of hydrogen-bond donors (Lipinski definition) is 0. The van der Waals surface area contributed by atoms with Gasteiger partial charge >= 0.3 is 0 Å². The molecule has 0 aliphatic heterocycles. The first-order valence-corrected chi connectivity index (χ1v) is 7.49. The van der Waals surface area contributed by atoms with E-state index < -0.39 is 0 Å². The Bertz CT molecular complexity index is 950. The first-order chi connectivity index (χ1) is 10.3. The van der Waals surface area contributed by atoms with Gasteiger partial charge in [0.05, 0.1) is 0 Å². The highest BCUT2D eigenvalue weighted by atomic mass is 16.1. The van der Waals surface area contributed by atoms with Gasteiger partial charge in [-0.15, -0.1) is 0 Å². The molecule has 0 aliphatic carbocycles. The maximum atomic E-state index is 12.4. The summed E-state index contributed by atoms with van der Waals surface area (Å²) in [7, 11) is 0. The van der Waals surface area contributed by atoms with Crippen LogP contribution >= 0.6 is 0 Å². The lowest BCUT2D eigenvalue weighted by Crippen LogP contribution is -1.99. The molecule has 0 N–H and O–H groups in total. The van der Waals surface area contributed by atoms with E-state index in [2.05, 4.69) is 48.5 Å². The van der Waals surface area contributed by atoms with Crippen LogP contribution in [0.15, 0.2) is 54.6 Å². The van der Waals surface area contributed by atoms with Gasteiger partial charge in [-0.1, -0.05) is 61.5 Å². The van der Waals surface area contributed by atoms with Crippen molar-refractivity contribution >= 4 is 38.1 Å². The van der Waals surface area contributed by atoms with E-state index in [-0.39, 0.29) is 5.78 Å². The zero-order chi connectivity index (χ0) is 14.4. The smallest absolute Gasteiger partial charge is 0.163 e. The standard InChI is InChI=1S/C20H16O/c1-2-4-18(21)16-11-9-15-8-7-13-5-3-6-14-10-12-17(16)20(15)19(13)14/h3,5-12H,2,4H2,1H3. The summed E-state index contributed by atoms with van der Waals surface area (Å²) in [4.78, 5) is 12.4. The monoisotopic (exact) mass is 272 g/mol. The van der Waals surface area contributed by atoms with Gasteiger partial charge in [0.25, 0.3) is 0 Å². The maximum absolute atomic E-state index is 12.4. The van der Waals surface area contributed by atoms with Gasteiger partial charge in [-0.2, -0.15) is 0 Å². The fraction of sp³-hybridized carbons (Fsp3) is 0.150. The molecule has 0 amide bonds. The highest BCUT2D eigenvalue weighted by molar-refractivity contribution is 6.26. The lowest BCUT2D eigenvalue weighted by molar-refractivity contribution is 0.0983. The Morgan fingerprint density at radius 1 is 0.810 bits per heavy atom. The number of benzene rings is 4. The molecule has 4 aromatic rings. The van der Waals surface area contributed by atoms with Crippen LogP contribution in [0, 0.1) is 0 Å². The second-order valence-electron chi connectivity index (χ2n) is 5.64. The lowest BCUT2D eigenvalue weighted by atomic mass is 9.90. The van der Waals surface area contributed by atoms with Crippen molar-refractivity contribution in [3.05, 3.63) is 60.2 Å². The van der Waals surface area contributed by atoms with Crippen LogP contribution in [0.5, 0.6) is 0 Å². The van der Waals surface area contributed by atoms with Crippen molar-refractivity contribution in [2.24, 2.45) is 0 Å². The normalized spacial score (nSPS) is 11.7. The SMILES string of the molecule is CCCC(=O)c1ccc2ccc3cccc4ccc1c2c34. The molecule has 0 fully saturated rings. The van der Waals surface area contributed by atoms with Gasteiger partial charge in [-0.3, -0.25) is 4.79 Å². The molecule has 0 atom stereocenters. The van der Waals surface area contributed by atoms with Crippen molar-refractivity contribution in [3.8, 4) is 0 Å². The van der Waals surface area contributed by atoms with Crippen LogP contribution in [0.3, 0.4) is 0 Å². The van der Waals surface area contributed by atoms with Crippen LogP contribution in [0.25, 0.3) is 32.3 Å². The second-order valence-corrected chi connectivity index (χ2v) is 5.64. The van der Waals surface area contributed by atoms with Crippen molar-refractivity contribution in [1.29, 1.82) is 0 Å². The summed E-state index contributed by atoms with van der Waals surface area (Å²) >= 11 is 0. The second kappa shape index (κ2) is 4.56. The molecule has 4 aromatic carbocycles. The Morgan fingerprint density at radius 2 is 1.43 bits per heavy atom. The van der Waals surface area contributed by atoms with Crippen molar-refractivity contribution in [3.63, 3.8) is 0 Å². The van der Waals surface area contributed by atoms with Crippen LogP contribution in [0.2, 0.25) is 0 Å². The molecule has 0 aliphatic rings. The van der Waals surface area contributed by atoms with E-state index in [1.54, 1.807) is 0 Å². The summed E-state index contributed by atoms with van der Waals surface area (Å²) in [6.07, 6.45) is 1.50. The Balaban J connectivity index is 2.18. The fourth-order valence-electron chi connectivity index (χ4n) is 3.34. The lowest BCUT2D eigenvalue weighted by Gasteiger charge is -2.13. The van der Waals surface area contributed by atoms with E-state index in [1.807, 2.05) is 13.0 Å². The molecular formula is C20H16O. The molecule has 1 nitrogen and oxygen atoms in total. The topological polar surface area (TPSA) is 17.1 Å². The van der Waals surface area contributed by atoms with Gasteiger partial charge in [-0.25, -0.2) is 0 Å². The molecule has 0 radical (unpaired) electrons. The summed E-state index contributed by atoms with van der Waals surface area (Å²) in [5.41, 5.74) is 0.864. The Kier molecular flexibility index (Phi) is 2.68. The third-order valence-electron chi connectivity index (χ3n) is 4.31. The number of rotatable bonds is 3. The minimum Gasteiger partial charge on any atom is -0.294 e. The van der Waals surface area contributed by atoms with Crippen LogP contribution in [-0.4, -0.2) is 5.78 Å². The number of carbonyl (C=O) groups is 1. The Labute approximate surface area is 123 Å². The van der Waals surface area contributed by atoms with E-state index in [0.29, 0.717) is 6.42 Å². The van der Waals surface area contributed by atoms with E-state index in [4.69, 9.17) is 0 Å². The van der Waals surface area contributed by atoms with E-state index in [1.165, 1.54) is 26.9 Å². The summed E-state index contributed by atoms with van der Waals surface area (Å²) < 4.78 is 0. The molecule has 0 heterocycles. The molecular weight excluding hydrogens is 256 g/mol. The highest BCUT2D eigenvalue weighted by Crippen LogP contribution is 2.36. The molecule has 0 bridgehead atoms. The third-order valence-corrected chi connectivity index (χ3v) is 4.31. The predicted octanol–water partition coefficient (Wildman–Crippen LogP) is 5.57. The van der Waals surface area contributed by atoms with Crippen LogP contribution in [0.1, 0.15) is 30.1 Å². The van der Waals surface area contributed by atoms with Gasteiger partial charge in [0, 0.05) is 12.0 Å². The number of carbonyl (C=O) groups excluding carboxylic acids is 1. The van der Waals surface area contributed by atoms with E-state index in [9.17, 15) is 4.79 Å². The van der Waals surface area contributed by atoms with Gasteiger partial charge in [0.2, 0.25) is 0 Å². The van der Waals surface area contributed by atoms with Crippen LogP contribution in [0.4, 0.5) is 0 Å². The Hall–Kier alpha value is -2.41. The minimum atomic E-state index is 0.246. The first-order valence-electron chi connectivity index (χ1n) is 7.49. The van der Waals surface area contributed by atoms with E-state index in [0.717, 1.165) is 17.4 Å². The molecule has 4 rings (SSSR count). The van der Waals surface area contributed by atoms with Crippen molar-refractivity contribution in [2.45, 2.75) is 19.8 Å². The zero-order valence-electron chi connectivity index (χ0n) is 12.0. The summed E-state index contributed by atoms with van der Waals surface area (Å²) in [5, 5.41) is 7.29. The number of ketones is 1. The average molecular weight is 272 g/mol. The quantitative estimate of drug-likeness (QED) is 0.352. The molecule has 21 heavy (non-hydrogen) atoms. The number of Topliss-reactive ketones (excluding diaryl/α,β-unsaturated/α-hetero) is 1. The average Bonchev–Trinajstić information content (AvgIpc) is 2.52. The summed E-state index contributed by atoms with van der Waals surface area (Å²) in [6, 6.07) is 19.0. The maximum Gasteiger partial charge on any atom is 0.163 e. The predicted molar refractivity (Wildman–Crippen MR) is 89.4 cm³/mol. The van der Waals surface area contributed by atoms with E-state index >= 15 is 0 Å². The molecule has 0 unspecified atom stereocenters. The van der Waals surface area contributed by atoms with Gasteiger partial charge in [0.15, 0.2) is 5.78 Å². The largest absolute Gasteiger partial charge is 0.294 e. The molecule has 0 saturated heterocycles. The van der Waals surface area contributed by atoms with Crippen LogP contribution < -0.4 is 0 Å². The third kappa shape index (κ3) is 1.74. The van der Waals surface area contributed by atoms with Crippen molar-refractivity contribution in [2.75, 3.05) is 0 Å². The van der Waals surface area contributed by atoms with Crippen LogP contribution in [-0.2, 0) is 0 Å². The van der Waals surface area contributed by atoms with Crippen molar-refractivity contribution < 1.29 is 4.79 Å². The molecule has 0 saturated carbocycles. The fourth-order valence-corrected chi connectivity index (χ4v) is 3.34. The minimum absolute atomic E-state index is 0.246. The van der Waals surface area contributed by atoms with Gasteiger partial charge < -0.3 is 0 Å². The zero-order valence-corrected chi connectivity index (χ0v) is 12.0. The van der Waals surface area contributed by atoms with Gasteiger partial charge in [-0.05, 0) is 38.7 Å².